The van der Waals surface area contributed by atoms with Crippen LogP contribution in [0, 0.1) is 5.92 Å². The lowest BCUT2D eigenvalue weighted by Crippen LogP contribution is -2.25. The van der Waals surface area contributed by atoms with Gasteiger partial charge in [-0.3, -0.25) is 4.79 Å². The topological polar surface area (TPSA) is 54.9 Å². The van der Waals surface area contributed by atoms with E-state index in [9.17, 15) is 4.79 Å². The summed E-state index contributed by atoms with van der Waals surface area (Å²) >= 11 is 6.04. The van der Waals surface area contributed by atoms with Crippen molar-refractivity contribution < 1.29 is 4.79 Å². The Morgan fingerprint density at radius 3 is 2.78 bits per heavy atom. The van der Waals surface area contributed by atoms with Crippen LogP contribution in [0.3, 0.4) is 0 Å². The van der Waals surface area contributed by atoms with E-state index in [4.69, 9.17) is 11.6 Å². The van der Waals surface area contributed by atoms with Crippen LogP contribution in [0.2, 0.25) is 5.15 Å². The van der Waals surface area contributed by atoms with Gasteiger partial charge < -0.3 is 5.32 Å². The van der Waals surface area contributed by atoms with Crippen LogP contribution in [0.15, 0.2) is 6.33 Å². The summed E-state index contributed by atoms with van der Waals surface area (Å²) in [5, 5.41) is 3.35. The molecule has 18 heavy (non-hydrogen) atoms. The molecule has 1 heterocycles. The number of nitrogens with one attached hydrogen (secondary N) is 1. The van der Waals surface area contributed by atoms with Gasteiger partial charge in [-0.1, -0.05) is 38.8 Å². The fourth-order valence-electron chi connectivity index (χ4n) is 1.70. The van der Waals surface area contributed by atoms with Gasteiger partial charge in [0.15, 0.2) is 0 Å². The second-order valence-corrected chi connectivity index (χ2v) is 5.07. The molecule has 0 saturated carbocycles. The predicted octanol–water partition coefficient (Wildman–Crippen LogP) is 2.74. The van der Waals surface area contributed by atoms with E-state index in [0.29, 0.717) is 24.0 Å². The first-order chi connectivity index (χ1) is 8.54. The lowest BCUT2D eigenvalue weighted by Gasteiger charge is -2.10. The van der Waals surface area contributed by atoms with Gasteiger partial charge >= 0.3 is 0 Å². The fourth-order valence-corrected chi connectivity index (χ4v) is 1.95. The Morgan fingerprint density at radius 1 is 1.44 bits per heavy atom. The molecule has 0 unspecified atom stereocenters. The molecule has 1 amide bonds. The van der Waals surface area contributed by atoms with Crippen molar-refractivity contribution in [3.05, 3.63) is 22.7 Å². The van der Waals surface area contributed by atoms with Gasteiger partial charge in [-0.25, -0.2) is 9.97 Å². The average Bonchev–Trinajstić information content (AvgIpc) is 2.29. The van der Waals surface area contributed by atoms with E-state index >= 15 is 0 Å². The van der Waals surface area contributed by atoms with Gasteiger partial charge in [-0.15, -0.1) is 0 Å². The Kier molecular flexibility index (Phi) is 6.05. The van der Waals surface area contributed by atoms with Crippen LogP contribution in [0.5, 0.6) is 0 Å². The molecule has 1 rings (SSSR count). The molecular formula is C13H20ClN3O. The standard InChI is InChI=1S/C13H20ClN3O/c1-4-5-10-11(16-8-17-13(10)14)7-15-12(18)6-9(2)3/h8-9H,4-7H2,1-3H3,(H,15,18). The largest absolute Gasteiger partial charge is 0.350 e. The van der Waals surface area contributed by atoms with Crippen molar-refractivity contribution in [3.8, 4) is 0 Å². The number of carbonyl (C=O) groups is 1. The van der Waals surface area contributed by atoms with Crippen molar-refractivity contribution in [2.45, 2.75) is 46.6 Å². The van der Waals surface area contributed by atoms with Crippen LogP contribution in [-0.2, 0) is 17.8 Å². The van der Waals surface area contributed by atoms with Crippen molar-refractivity contribution in [2.75, 3.05) is 0 Å². The van der Waals surface area contributed by atoms with Crippen LogP contribution in [0.4, 0.5) is 0 Å². The number of hydrogen-bond donors (Lipinski definition) is 1. The van der Waals surface area contributed by atoms with Gasteiger partial charge in [-0.2, -0.15) is 0 Å². The second kappa shape index (κ2) is 7.31. The number of carbonyl (C=O) groups excluding carboxylic acids is 1. The Morgan fingerprint density at radius 2 is 2.17 bits per heavy atom. The number of amides is 1. The van der Waals surface area contributed by atoms with E-state index in [-0.39, 0.29) is 5.91 Å². The SMILES string of the molecule is CCCc1c(Cl)ncnc1CNC(=O)CC(C)C. The molecule has 1 aromatic rings. The highest BCUT2D eigenvalue weighted by molar-refractivity contribution is 6.30. The monoisotopic (exact) mass is 269 g/mol. The van der Waals surface area contributed by atoms with E-state index in [1.54, 1.807) is 0 Å². The third-order valence-corrected chi connectivity index (χ3v) is 2.85. The lowest BCUT2D eigenvalue weighted by atomic mass is 10.1. The number of aromatic nitrogens is 2. The zero-order valence-electron chi connectivity index (χ0n) is 11.2. The Balaban J connectivity index is 2.66. The Labute approximate surface area is 113 Å². The highest BCUT2D eigenvalue weighted by atomic mass is 35.5. The maximum absolute atomic E-state index is 11.6. The third-order valence-electron chi connectivity index (χ3n) is 2.53. The number of nitrogens with zero attached hydrogens (tertiary/aromatic N) is 2. The normalized spacial score (nSPS) is 10.7. The number of halogens is 1. The molecule has 4 nitrogen and oxygen atoms in total. The van der Waals surface area contributed by atoms with Gasteiger partial charge in [-0.05, 0) is 12.3 Å². The molecule has 0 bridgehead atoms. The van der Waals surface area contributed by atoms with Crippen LogP contribution in [0.1, 0.15) is 44.9 Å². The van der Waals surface area contributed by atoms with Crippen LogP contribution in [0.25, 0.3) is 0 Å². The summed E-state index contributed by atoms with van der Waals surface area (Å²) in [5.41, 5.74) is 1.75. The lowest BCUT2D eigenvalue weighted by molar-refractivity contribution is -0.121. The molecule has 0 aliphatic heterocycles. The van der Waals surface area contributed by atoms with E-state index in [1.807, 2.05) is 13.8 Å². The van der Waals surface area contributed by atoms with Crippen molar-refractivity contribution in [1.82, 2.24) is 15.3 Å². The molecule has 0 spiro atoms. The first kappa shape index (κ1) is 14.9. The molecule has 1 N–H and O–H groups in total. The van der Waals surface area contributed by atoms with Gasteiger partial charge in [0, 0.05) is 12.0 Å². The van der Waals surface area contributed by atoms with E-state index in [0.717, 1.165) is 24.1 Å². The van der Waals surface area contributed by atoms with E-state index in [2.05, 4.69) is 22.2 Å². The fraction of sp³-hybridized carbons (Fsp3) is 0.615. The molecule has 100 valence electrons. The number of rotatable bonds is 6. The smallest absolute Gasteiger partial charge is 0.220 e. The van der Waals surface area contributed by atoms with Crippen molar-refractivity contribution in [2.24, 2.45) is 5.92 Å². The molecular weight excluding hydrogens is 250 g/mol. The average molecular weight is 270 g/mol. The third kappa shape index (κ3) is 4.61. The van der Waals surface area contributed by atoms with Gasteiger partial charge in [0.2, 0.25) is 5.91 Å². The molecule has 0 aromatic carbocycles. The molecule has 0 saturated heterocycles. The van der Waals surface area contributed by atoms with Crippen LogP contribution >= 0.6 is 11.6 Å². The summed E-state index contributed by atoms with van der Waals surface area (Å²) in [6.07, 6.45) is 3.77. The van der Waals surface area contributed by atoms with Crippen molar-refractivity contribution in [1.29, 1.82) is 0 Å². The molecule has 0 fully saturated rings. The van der Waals surface area contributed by atoms with Crippen molar-refractivity contribution in [3.63, 3.8) is 0 Å². The number of hydrogen-bond acceptors (Lipinski definition) is 3. The highest BCUT2D eigenvalue weighted by Crippen LogP contribution is 2.17. The van der Waals surface area contributed by atoms with Crippen LogP contribution in [-0.4, -0.2) is 15.9 Å². The summed E-state index contributed by atoms with van der Waals surface area (Å²) in [6.45, 7) is 6.53. The van der Waals surface area contributed by atoms with E-state index in [1.165, 1.54) is 6.33 Å². The Hall–Kier alpha value is -1.16. The van der Waals surface area contributed by atoms with Crippen LogP contribution < -0.4 is 5.32 Å². The molecule has 0 aliphatic carbocycles. The first-order valence-electron chi connectivity index (χ1n) is 6.29. The summed E-state index contributed by atoms with van der Waals surface area (Å²) in [4.78, 5) is 19.8. The maximum atomic E-state index is 11.6. The minimum Gasteiger partial charge on any atom is -0.350 e. The summed E-state index contributed by atoms with van der Waals surface area (Å²) in [6, 6.07) is 0. The van der Waals surface area contributed by atoms with Gasteiger partial charge in [0.05, 0.1) is 12.2 Å². The molecule has 0 radical (unpaired) electrons. The minimum absolute atomic E-state index is 0.0437. The quantitative estimate of drug-likeness (QED) is 0.808. The highest BCUT2D eigenvalue weighted by Gasteiger charge is 2.10. The zero-order valence-corrected chi connectivity index (χ0v) is 11.9. The van der Waals surface area contributed by atoms with Gasteiger partial charge in [0.25, 0.3) is 0 Å². The van der Waals surface area contributed by atoms with Gasteiger partial charge in [0.1, 0.15) is 11.5 Å². The zero-order chi connectivity index (χ0) is 13.5. The minimum atomic E-state index is 0.0437. The predicted molar refractivity (Wildman–Crippen MR) is 72.3 cm³/mol. The molecule has 5 heteroatoms. The summed E-state index contributed by atoms with van der Waals surface area (Å²) in [5.74, 6) is 0.399. The van der Waals surface area contributed by atoms with E-state index < -0.39 is 0 Å². The Bertz CT molecular complexity index is 407. The first-order valence-corrected chi connectivity index (χ1v) is 6.67. The van der Waals surface area contributed by atoms with Crippen molar-refractivity contribution >= 4 is 17.5 Å². The maximum Gasteiger partial charge on any atom is 0.220 e. The molecule has 1 aromatic heterocycles. The summed E-state index contributed by atoms with van der Waals surface area (Å²) < 4.78 is 0. The summed E-state index contributed by atoms with van der Waals surface area (Å²) in [7, 11) is 0. The molecule has 0 atom stereocenters. The second-order valence-electron chi connectivity index (χ2n) is 4.71. The molecule has 0 aliphatic rings.